The van der Waals surface area contributed by atoms with Crippen LogP contribution in [-0.4, -0.2) is 6.17 Å². The number of rotatable bonds is 5. The summed E-state index contributed by atoms with van der Waals surface area (Å²) in [7, 11) is 0. The molecule has 0 bridgehead atoms. The summed E-state index contributed by atoms with van der Waals surface area (Å²) in [6.07, 6.45) is 20.5. The molecule has 3 aliphatic carbocycles. The lowest BCUT2D eigenvalue weighted by Gasteiger charge is -2.30. The number of para-hydroxylation sites is 3. The number of hydrogen-bond acceptors (Lipinski definition) is 2. The topological polar surface area (TPSA) is 15.3 Å². The smallest absolute Gasteiger partial charge is 0.126 e. The molecule has 11 rings (SSSR count). The van der Waals surface area contributed by atoms with Gasteiger partial charge in [-0.15, -0.1) is 0 Å². The standard InChI is InChI=1S/C53H42N2/c1-2-16-44(17-3-1)55-50-21-11-10-20-49(50)54-53(55)38-26-22-37(23-27-38)41-30-31-47-48(34-41)52(43-29-25-36-13-5-7-15-40(36)33-43)46-19-9-8-18-45(46)51(47)42-28-24-35-12-4-6-14-39(35)32-42/h1-4,7-12,15-22,24-26,28-34,53-54H,5-6,13-14,23,27H2. The Morgan fingerprint density at radius 2 is 1.18 bits per heavy atom. The SMILES string of the molecule is C1=Cc2cc(-c3c4ccccc4c(-c4ccc5c(c4)CCC=C5)c4ccc(C5=CC=C(C6Nc7ccccc7N6c6ccccc6)CC5)cc34)ccc2CC1. The lowest BCUT2D eigenvalue weighted by atomic mass is 9.82. The van der Waals surface area contributed by atoms with Gasteiger partial charge in [0.15, 0.2) is 0 Å². The first-order valence-electron chi connectivity index (χ1n) is 19.9. The Bertz CT molecular complexity index is 2800. The summed E-state index contributed by atoms with van der Waals surface area (Å²) in [6, 6.07) is 50.2. The van der Waals surface area contributed by atoms with Crippen molar-refractivity contribution < 1.29 is 0 Å². The van der Waals surface area contributed by atoms with Crippen molar-refractivity contribution in [1.82, 2.24) is 0 Å². The number of aryl methyl sites for hydroxylation is 2. The molecule has 1 aliphatic heterocycles. The molecule has 0 fully saturated rings. The third-order valence-electron chi connectivity index (χ3n) is 12.3. The van der Waals surface area contributed by atoms with Crippen LogP contribution in [0.5, 0.6) is 0 Å². The number of benzene rings is 7. The van der Waals surface area contributed by atoms with E-state index in [9.17, 15) is 0 Å². The van der Waals surface area contributed by atoms with Crippen LogP contribution >= 0.6 is 0 Å². The van der Waals surface area contributed by atoms with E-state index in [0.717, 1.165) is 38.5 Å². The molecule has 0 aromatic heterocycles. The summed E-state index contributed by atoms with van der Waals surface area (Å²) in [5.74, 6) is 0. The second-order valence-electron chi connectivity index (χ2n) is 15.5. The van der Waals surface area contributed by atoms with Gasteiger partial charge in [0, 0.05) is 5.69 Å². The Morgan fingerprint density at radius 1 is 0.491 bits per heavy atom. The first-order chi connectivity index (χ1) is 27.3. The molecule has 0 spiro atoms. The molecule has 0 saturated carbocycles. The fraction of sp³-hybridized carbons (Fsp3) is 0.132. The van der Waals surface area contributed by atoms with E-state index >= 15 is 0 Å². The van der Waals surface area contributed by atoms with Crippen LogP contribution in [0.2, 0.25) is 0 Å². The quantitative estimate of drug-likeness (QED) is 0.179. The number of nitrogens with one attached hydrogen (secondary N) is 1. The van der Waals surface area contributed by atoms with Crippen molar-refractivity contribution in [3.8, 4) is 22.3 Å². The fourth-order valence-corrected chi connectivity index (χ4v) is 9.59. The van der Waals surface area contributed by atoms with Crippen molar-refractivity contribution in [1.29, 1.82) is 0 Å². The summed E-state index contributed by atoms with van der Waals surface area (Å²) < 4.78 is 0. The molecule has 1 N–H and O–H groups in total. The molecule has 0 radical (unpaired) electrons. The van der Waals surface area contributed by atoms with E-state index < -0.39 is 0 Å². The number of hydrogen-bond donors (Lipinski definition) is 1. The number of fused-ring (bicyclic) bond motifs is 5. The van der Waals surface area contributed by atoms with E-state index in [-0.39, 0.29) is 6.17 Å². The lowest BCUT2D eigenvalue weighted by molar-refractivity contribution is 0.795. The molecule has 1 heterocycles. The van der Waals surface area contributed by atoms with Gasteiger partial charge in [0.05, 0.1) is 11.4 Å². The average Bonchev–Trinajstić information content (AvgIpc) is 3.65. The molecular formula is C53H42N2. The Balaban J connectivity index is 1.07. The van der Waals surface area contributed by atoms with Crippen molar-refractivity contribution in [2.45, 2.75) is 44.7 Å². The third-order valence-corrected chi connectivity index (χ3v) is 12.3. The largest absolute Gasteiger partial charge is 0.360 e. The molecule has 0 saturated heterocycles. The first-order valence-corrected chi connectivity index (χ1v) is 19.9. The minimum atomic E-state index is 0.0832. The van der Waals surface area contributed by atoms with Crippen LogP contribution in [-0.2, 0) is 12.8 Å². The van der Waals surface area contributed by atoms with Crippen molar-refractivity contribution in [2.24, 2.45) is 0 Å². The van der Waals surface area contributed by atoms with Crippen molar-refractivity contribution in [3.05, 3.63) is 191 Å². The number of nitrogens with zero attached hydrogens (tertiary/aromatic N) is 1. The summed E-state index contributed by atoms with van der Waals surface area (Å²) in [5, 5.41) is 9.12. The monoisotopic (exact) mass is 706 g/mol. The summed E-state index contributed by atoms with van der Waals surface area (Å²) in [6.45, 7) is 0. The molecule has 7 aromatic rings. The molecule has 55 heavy (non-hydrogen) atoms. The number of allylic oxidation sites excluding steroid dienone is 5. The molecule has 264 valence electrons. The maximum atomic E-state index is 3.86. The van der Waals surface area contributed by atoms with E-state index in [0.29, 0.717) is 0 Å². The van der Waals surface area contributed by atoms with Gasteiger partial charge in [-0.3, -0.25) is 0 Å². The van der Waals surface area contributed by atoms with Crippen molar-refractivity contribution in [2.75, 3.05) is 10.2 Å². The minimum absolute atomic E-state index is 0.0832. The molecule has 1 atom stereocenters. The molecule has 2 nitrogen and oxygen atoms in total. The van der Waals surface area contributed by atoms with Crippen LogP contribution in [0.25, 0.3) is 61.5 Å². The zero-order valence-electron chi connectivity index (χ0n) is 30.9. The highest BCUT2D eigenvalue weighted by Gasteiger charge is 2.33. The van der Waals surface area contributed by atoms with Crippen LogP contribution in [0.1, 0.15) is 53.5 Å². The summed E-state index contributed by atoms with van der Waals surface area (Å²) in [5.41, 5.74) is 18.6. The molecular weight excluding hydrogens is 665 g/mol. The zero-order chi connectivity index (χ0) is 36.3. The van der Waals surface area contributed by atoms with Gasteiger partial charge in [-0.05, 0) is 158 Å². The van der Waals surface area contributed by atoms with Crippen molar-refractivity contribution in [3.63, 3.8) is 0 Å². The Hall–Kier alpha value is -6.38. The second kappa shape index (κ2) is 13.2. The van der Waals surface area contributed by atoms with E-state index in [1.807, 2.05) is 0 Å². The highest BCUT2D eigenvalue weighted by Crippen LogP contribution is 2.47. The zero-order valence-corrected chi connectivity index (χ0v) is 30.9. The van der Waals surface area contributed by atoms with Crippen LogP contribution in [0.15, 0.2) is 163 Å². The minimum Gasteiger partial charge on any atom is -0.360 e. The van der Waals surface area contributed by atoms with Gasteiger partial charge in [-0.2, -0.15) is 0 Å². The van der Waals surface area contributed by atoms with Crippen LogP contribution in [0, 0.1) is 0 Å². The van der Waals surface area contributed by atoms with Gasteiger partial charge >= 0.3 is 0 Å². The predicted octanol–water partition coefficient (Wildman–Crippen LogP) is 13.9. The van der Waals surface area contributed by atoms with Crippen LogP contribution < -0.4 is 10.2 Å². The van der Waals surface area contributed by atoms with E-state index in [2.05, 4.69) is 180 Å². The summed E-state index contributed by atoms with van der Waals surface area (Å²) in [4.78, 5) is 2.46. The summed E-state index contributed by atoms with van der Waals surface area (Å²) >= 11 is 0. The maximum Gasteiger partial charge on any atom is 0.126 e. The van der Waals surface area contributed by atoms with Gasteiger partial charge in [0.1, 0.15) is 6.17 Å². The first kappa shape index (κ1) is 32.1. The van der Waals surface area contributed by atoms with Crippen molar-refractivity contribution >= 4 is 56.3 Å². The molecule has 0 amide bonds. The van der Waals surface area contributed by atoms with Gasteiger partial charge in [-0.1, -0.05) is 134 Å². The van der Waals surface area contributed by atoms with Crippen LogP contribution in [0.3, 0.4) is 0 Å². The van der Waals surface area contributed by atoms with E-state index in [1.54, 1.807) is 0 Å². The van der Waals surface area contributed by atoms with Gasteiger partial charge < -0.3 is 10.2 Å². The normalized spacial score (nSPS) is 17.0. The molecule has 4 aliphatic rings. The Morgan fingerprint density at radius 3 is 2.02 bits per heavy atom. The van der Waals surface area contributed by atoms with E-state index in [4.69, 9.17) is 0 Å². The van der Waals surface area contributed by atoms with E-state index in [1.165, 1.54) is 99.8 Å². The second-order valence-corrected chi connectivity index (χ2v) is 15.5. The highest BCUT2D eigenvalue weighted by atomic mass is 15.3. The molecule has 2 heteroatoms. The van der Waals surface area contributed by atoms with Gasteiger partial charge in [-0.25, -0.2) is 0 Å². The van der Waals surface area contributed by atoms with Gasteiger partial charge in [0.25, 0.3) is 0 Å². The molecule has 7 aromatic carbocycles. The Labute approximate surface area is 323 Å². The Kier molecular flexibility index (Phi) is 7.69. The lowest BCUT2D eigenvalue weighted by Crippen LogP contribution is -2.34. The predicted molar refractivity (Wildman–Crippen MR) is 235 cm³/mol. The maximum absolute atomic E-state index is 3.86. The molecule has 1 unspecified atom stereocenters. The fourth-order valence-electron chi connectivity index (χ4n) is 9.59. The average molecular weight is 707 g/mol. The van der Waals surface area contributed by atoms with Crippen LogP contribution in [0.4, 0.5) is 17.1 Å². The third kappa shape index (κ3) is 5.47. The van der Waals surface area contributed by atoms with Gasteiger partial charge in [0.2, 0.25) is 0 Å². The highest BCUT2D eigenvalue weighted by molar-refractivity contribution is 6.22. The number of anilines is 3.